The van der Waals surface area contributed by atoms with Gasteiger partial charge in [0.2, 0.25) is 0 Å². The number of hydrogen-bond acceptors (Lipinski definition) is 3. The van der Waals surface area contributed by atoms with Gasteiger partial charge in [-0.3, -0.25) is 4.90 Å². The van der Waals surface area contributed by atoms with E-state index >= 15 is 0 Å². The van der Waals surface area contributed by atoms with Crippen LogP contribution in [0.4, 0.5) is 0 Å². The summed E-state index contributed by atoms with van der Waals surface area (Å²) in [4.78, 5) is 14.8. The number of halogens is 2. The third-order valence-electron chi connectivity index (χ3n) is 4.46. The molecule has 5 heteroatoms. The molecular formula is C21H21Cl2NO2. The molecule has 0 spiro atoms. The van der Waals surface area contributed by atoms with Gasteiger partial charge in [0.15, 0.2) is 0 Å². The van der Waals surface area contributed by atoms with Crippen LogP contribution in [0.5, 0.6) is 0 Å². The van der Waals surface area contributed by atoms with E-state index in [0.717, 1.165) is 30.6 Å². The van der Waals surface area contributed by atoms with Gasteiger partial charge >= 0.3 is 5.97 Å². The van der Waals surface area contributed by atoms with Crippen LogP contribution in [-0.2, 0) is 16.1 Å². The summed E-state index contributed by atoms with van der Waals surface area (Å²) >= 11 is 12.2. The minimum Gasteiger partial charge on any atom is -0.463 e. The molecule has 0 amide bonds. The molecular weight excluding hydrogens is 369 g/mol. The molecule has 1 aliphatic rings. The topological polar surface area (TPSA) is 29.5 Å². The molecule has 0 aliphatic carbocycles. The maximum absolute atomic E-state index is 12.6. The number of hydrogen-bond donors (Lipinski definition) is 0. The minimum atomic E-state index is -0.258. The van der Waals surface area contributed by atoms with Crippen LogP contribution >= 0.6 is 23.2 Å². The van der Waals surface area contributed by atoms with E-state index in [1.54, 1.807) is 6.07 Å². The Morgan fingerprint density at radius 3 is 2.58 bits per heavy atom. The number of ether oxygens (including phenoxy) is 1. The Morgan fingerprint density at radius 2 is 1.88 bits per heavy atom. The van der Waals surface area contributed by atoms with Crippen molar-refractivity contribution in [3.8, 4) is 0 Å². The number of carbonyl (C=O) groups excluding carboxylic acids is 1. The highest BCUT2D eigenvalue weighted by Crippen LogP contribution is 2.32. The average molecular weight is 390 g/mol. The number of carbonyl (C=O) groups is 1. The van der Waals surface area contributed by atoms with Crippen LogP contribution in [0.25, 0.3) is 5.57 Å². The first-order valence-corrected chi connectivity index (χ1v) is 9.45. The van der Waals surface area contributed by atoms with Gasteiger partial charge in [0.1, 0.15) is 0 Å². The van der Waals surface area contributed by atoms with E-state index in [1.807, 2.05) is 37.3 Å². The molecule has 0 unspecified atom stereocenters. The molecule has 0 radical (unpaired) electrons. The van der Waals surface area contributed by atoms with Crippen LogP contribution in [0.3, 0.4) is 0 Å². The van der Waals surface area contributed by atoms with E-state index in [-0.39, 0.29) is 5.97 Å². The summed E-state index contributed by atoms with van der Waals surface area (Å²) in [6.07, 6.45) is 0.763. The number of rotatable bonds is 5. The lowest BCUT2D eigenvalue weighted by atomic mass is 9.93. The van der Waals surface area contributed by atoms with Crippen molar-refractivity contribution in [3.05, 3.63) is 75.3 Å². The van der Waals surface area contributed by atoms with E-state index in [2.05, 4.69) is 17.0 Å². The molecule has 1 heterocycles. The smallest absolute Gasteiger partial charge is 0.335 e. The Labute approximate surface area is 164 Å². The fourth-order valence-electron chi connectivity index (χ4n) is 3.20. The molecule has 0 aromatic heterocycles. The van der Waals surface area contributed by atoms with Gasteiger partial charge in [-0.25, -0.2) is 4.79 Å². The first kappa shape index (κ1) is 19.0. The van der Waals surface area contributed by atoms with Gasteiger partial charge in [-0.2, -0.15) is 0 Å². The highest BCUT2D eigenvalue weighted by molar-refractivity contribution is 6.42. The lowest BCUT2D eigenvalue weighted by Crippen LogP contribution is -2.34. The predicted molar refractivity (Wildman–Crippen MR) is 106 cm³/mol. The Morgan fingerprint density at radius 1 is 1.12 bits per heavy atom. The molecule has 26 heavy (non-hydrogen) atoms. The van der Waals surface area contributed by atoms with Gasteiger partial charge in [0.25, 0.3) is 0 Å². The number of benzene rings is 2. The second-order valence-electron chi connectivity index (χ2n) is 6.25. The zero-order valence-electron chi connectivity index (χ0n) is 14.7. The standard InChI is InChI=1S/C21H21Cl2NO2/c1-2-26-21(25)18-14-24(13-15-6-4-3-5-7-15)11-10-17(18)16-8-9-19(22)20(23)12-16/h3-9,12H,2,10-11,13-14H2,1H3. The Bertz CT molecular complexity index is 818. The van der Waals surface area contributed by atoms with Crippen LogP contribution in [0.15, 0.2) is 54.1 Å². The Kier molecular flexibility index (Phi) is 6.36. The fourth-order valence-corrected chi connectivity index (χ4v) is 3.50. The van der Waals surface area contributed by atoms with Crippen LogP contribution in [0.2, 0.25) is 10.0 Å². The molecule has 2 aromatic rings. The number of nitrogens with zero attached hydrogens (tertiary/aromatic N) is 1. The lowest BCUT2D eigenvalue weighted by Gasteiger charge is -2.30. The van der Waals surface area contributed by atoms with Crippen LogP contribution < -0.4 is 0 Å². The summed E-state index contributed by atoms with van der Waals surface area (Å²) < 4.78 is 5.30. The van der Waals surface area contributed by atoms with Crippen molar-refractivity contribution in [3.63, 3.8) is 0 Å². The average Bonchev–Trinajstić information content (AvgIpc) is 2.65. The molecule has 0 saturated carbocycles. The number of esters is 1. The highest BCUT2D eigenvalue weighted by Gasteiger charge is 2.26. The highest BCUT2D eigenvalue weighted by atomic mass is 35.5. The van der Waals surface area contributed by atoms with Gasteiger partial charge in [0, 0.05) is 19.6 Å². The van der Waals surface area contributed by atoms with E-state index in [4.69, 9.17) is 27.9 Å². The zero-order valence-corrected chi connectivity index (χ0v) is 16.2. The minimum absolute atomic E-state index is 0.258. The van der Waals surface area contributed by atoms with Crippen molar-refractivity contribution in [2.24, 2.45) is 0 Å². The third kappa shape index (κ3) is 4.47. The molecule has 3 nitrogen and oxygen atoms in total. The summed E-state index contributed by atoms with van der Waals surface area (Å²) in [5.74, 6) is -0.258. The van der Waals surface area contributed by atoms with Crippen molar-refractivity contribution in [1.82, 2.24) is 4.90 Å². The summed E-state index contributed by atoms with van der Waals surface area (Å²) in [7, 11) is 0. The Balaban J connectivity index is 1.89. The lowest BCUT2D eigenvalue weighted by molar-refractivity contribution is -0.138. The normalized spacial score (nSPS) is 15.2. The van der Waals surface area contributed by atoms with Crippen molar-refractivity contribution >= 4 is 34.7 Å². The quantitative estimate of drug-likeness (QED) is 0.656. The monoisotopic (exact) mass is 389 g/mol. The first-order chi connectivity index (χ1) is 12.6. The molecule has 0 fully saturated rings. The van der Waals surface area contributed by atoms with Crippen LogP contribution in [0.1, 0.15) is 24.5 Å². The van der Waals surface area contributed by atoms with Gasteiger partial charge < -0.3 is 4.74 Å². The largest absolute Gasteiger partial charge is 0.463 e. The maximum Gasteiger partial charge on any atom is 0.335 e. The SMILES string of the molecule is CCOC(=O)C1=C(c2ccc(Cl)c(Cl)c2)CCN(Cc2ccccc2)C1. The van der Waals surface area contributed by atoms with Crippen LogP contribution in [-0.4, -0.2) is 30.6 Å². The van der Waals surface area contributed by atoms with E-state index < -0.39 is 0 Å². The fraction of sp³-hybridized carbons (Fsp3) is 0.286. The van der Waals surface area contributed by atoms with E-state index in [9.17, 15) is 4.79 Å². The van der Waals surface area contributed by atoms with Crippen molar-refractivity contribution in [2.75, 3.05) is 19.7 Å². The van der Waals surface area contributed by atoms with Gasteiger partial charge in [0.05, 0.1) is 22.2 Å². The molecule has 3 rings (SSSR count). The van der Waals surface area contributed by atoms with Gasteiger partial charge in [-0.1, -0.05) is 59.6 Å². The summed E-state index contributed by atoms with van der Waals surface area (Å²) in [6, 6.07) is 15.8. The molecule has 0 atom stereocenters. The molecule has 0 saturated heterocycles. The van der Waals surface area contributed by atoms with Crippen molar-refractivity contribution in [1.29, 1.82) is 0 Å². The van der Waals surface area contributed by atoms with Gasteiger partial charge in [-0.15, -0.1) is 0 Å². The summed E-state index contributed by atoms with van der Waals surface area (Å²) in [5, 5.41) is 1.00. The first-order valence-electron chi connectivity index (χ1n) is 8.69. The Hall–Kier alpha value is -1.81. The van der Waals surface area contributed by atoms with E-state index in [1.165, 1.54) is 5.56 Å². The van der Waals surface area contributed by atoms with E-state index in [0.29, 0.717) is 28.8 Å². The molecule has 2 aromatic carbocycles. The second-order valence-corrected chi connectivity index (χ2v) is 7.07. The molecule has 0 N–H and O–H groups in total. The summed E-state index contributed by atoms with van der Waals surface area (Å²) in [6.45, 7) is 4.41. The zero-order chi connectivity index (χ0) is 18.5. The second kappa shape index (κ2) is 8.72. The summed E-state index contributed by atoms with van der Waals surface area (Å²) in [5.41, 5.74) is 3.86. The molecule has 1 aliphatic heterocycles. The van der Waals surface area contributed by atoms with Gasteiger partial charge in [-0.05, 0) is 42.2 Å². The van der Waals surface area contributed by atoms with Crippen molar-refractivity contribution in [2.45, 2.75) is 19.9 Å². The maximum atomic E-state index is 12.6. The van der Waals surface area contributed by atoms with Crippen molar-refractivity contribution < 1.29 is 9.53 Å². The molecule has 136 valence electrons. The molecule has 0 bridgehead atoms. The third-order valence-corrected chi connectivity index (χ3v) is 5.20. The predicted octanol–water partition coefficient (Wildman–Crippen LogP) is 5.22. The van der Waals surface area contributed by atoms with Crippen LogP contribution in [0, 0.1) is 0 Å².